The Morgan fingerprint density at radius 2 is 2.00 bits per heavy atom. The van der Waals surface area contributed by atoms with Crippen molar-refractivity contribution in [3.63, 3.8) is 0 Å². The molecule has 0 aliphatic carbocycles. The summed E-state index contributed by atoms with van der Waals surface area (Å²) < 4.78 is 0. The molecule has 2 aliphatic heterocycles. The van der Waals surface area contributed by atoms with E-state index in [4.69, 9.17) is 0 Å². The van der Waals surface area contributed by atoms with Crippen molar-refractivity contribution in [2.24, 2.45) is 0 Å². The van der Waals surface area contributed by atoms with Crippen LogP contribution in [0.4, 0.5) is 0 Å². The van der Waals surface area contributed by atoms with Gasteiger partial charge < -0.3 is 15.3 Å². The number of amides is 1. The predicted molar refractivity (Wildman–Crippen MR) is 76.5 cm³/mol. The second-order valence-electron chi connectivity index (χ2n) is 6.36. The van der Waals surface area contributed by atoms with Crippen LogP contribution in [-0.4, -0.2) is 46.1 Å². The van der Waals surface area contributed by atoms with Crippen molar-refractivity contribution in [3.05, 3.63) is 0 Å². The summed E-state index contributed by atoms with van der Waals surface area (Å²) in [6.45, 7) is 5.31. The molecule has 20 heavy (non-hydrogen) atoms. The smallest absolute Gasteiger partial charge is 0.329 e. The van der Waals surface area contributed by atoms with Gasteiger partial charge in [-0.15, -0.1) is 0 Å². The van der Waals surface area contributed by atoms with Gasteiger partial charge in [-0.3, -0.25) is 4.79 Å². The number of carbonyl (C=O) groups is 2. The molecule has 2 saturated heterocycles. The Labute approximate surface area is 120 Å². The minimum absolute atomic E-state index is 0.0226. The molecule has 2 atom stereocenters. The summed E-state index contributed by atoms with van der Waals surface area (Å²) in [7, 11) is 0. The number of carboxylic acids is 1. The molecule has 0 spiro atoms. The lowest BCUT2D eigenvalue weighted by Gasteiger charge is -2.42. The van der Waals surface area contributed by atoms with E-state index in [0.29, 0.717) is 19.4 Å². The first kappa shape index (κ1) is 15.3. The van der Waals surface area contributed by atoms with Gasteiger partial charge in [-0.25, -0.2) is 4.79 Å². The largest absolute Gasteiger partial charge is 0.479 e. The monoisotopic (exact) mass is 282 g/mol. The SMILES string of the molecule is CCCC1(C(=O)O)CCCN1C(=O)C1(C)CCCCN1. The van der Waals surface area contributed by atoms with Gasteiger partial charge in [0.15, 0.2) is 0 Å². The summed E-state index contributed by atoms with van der Waals surface area (Å²) in [4.78, 5) is 26.4. The fourth-order valence-electron chi connectivity index (χ4n) is 3.71. The summed E-state index contributed by atoms with van der Waals surface area (Å²) in [6, 6.07) is 0. The van der Waals surface area contributed by atoms with Crippen LogP contribution in [0.25, 0.3) is 0 Å². The molecular weight excluding hydrogens is 256 g/mol. The number of nitrogens with zero attached hydrogens (tertiary/aromatic N) is 1. The third kappa shape index (κ3) is 2.43. The maximum atomic E-state index is 12.9. The van der Waals surface area contributed by atoms with Gasteiger partial charge in [0, 0.05) is 6.54 Å². The van der Waals surface area contributed by atoms with Crippen molar-refractivity contribution in [2.75, 3.05) is 13.1 Å². The standard InChI is InChI=1S/C15H26N2O3/c1-3-7-15(13(19)20)9-6-11-17(15)12(18)14(2)8-4-5-10-16-14/h16H,3-11H2,1-2H3,(H,19,20). The van der Waals surface area contributed by atoms with Gasteiger partial charge in [0.25, 0.3) is 0 Å². The highest BCUT2D eigenvalue weighted by Gasteiger charge is 2.52. The van der Waals surface area contributed by atoms with Gasteiger partial charge in [0.05, 0.1) is 5.54 Å². The van der Waals surface area contributed by atoms with Crippen molar-refractivity contribution in [2.45, 2.75) is 69.9 Å². The van der Waals surface area contributed by atoms with Crippen molar-refractivity contribution in [1.29, 1.82) is 0 Å². The van der Waals surface area contributed by atoms with Crippen molar-refractivity contribution >= 4 is 11.9 Å². The Bertz CT molecular complexity index is 391. The minimum atomic E-state index is -0.978. The van der Waals surface area contributed by atoms with E-state index in [1.807, 2.05) is 13.8 Å². The molecule has 0 aromatic heterocycles. The average Bonchev–Trinajstić information content (AvgIpc) is 2.84. The topological polar surface area (TPSA) is 69.6 Å². The number of likely N-dealkylation sites (tertiary alicyclic amines) is 1. The lowest BCUT2D eigenvalue weighted by molar-refractivity contribution is -0.160. The Balaban J connectivity index is 2.25. The van der Waals surface area contributed by atoms with Gasteiger partial charge in [-0.05, 0) is 52.0 Å². The van der Waals surface area contributed by atoms with Crippen LogP contribution in [0, 0.1) is 0 Å². The summed E-state index contributed by atoms with van der Waals surface area (Å²) in [5.41, 5.74) is -1.56. The van der Waals surface area contributed by atoms with Crippen LogP contribution >= 0.6 is 0 Å². The average molecular weight is 282 g/mol. The molecular formula is C15H26N2O3. The summed E-state index contributed by atoms with van der Waals surface area (Å²) in [6.07, 6.45) is 5.60. The zero-order chi connectivity index (χ0) is 14.8. The zero-order valence-electron chi connectivity index (χ0n) is 12.6. The van der Waals surface area contributed by atoms with E-state index >= 15 is 0 Å². The van der Waals surface area contributed by atoms with E-state index in [1.165, 1.54) is 0 Å². The molecule has 5 heteroatoms. The lowest BCUT2D eigenvalue weighted by atomic mass is 9.85. The molecule has 114 valence electrons. The van der Waals surface area contributed by atoms with Gasteiger partial charge >= 0.3 is 5.97 Å². The highest BCUT2D eigenvalue weighted by atomic mass is 16.4. The normalized spacial score (nSPS) is 34.2. The molecule has 1 amide bonds. The maximum absolute atomic E-state index is 12.9. The maximum Gasteiger partial charge on any atom is 0.329 e. The molecule has 0 bridgehead atoms. The Morgan fingerprint density at radius 1 is 1.25 bits per heavy atom. The van der Waals surface area contributed by atoms with E-state index in [2.05, 4.69) is 5.32 Å². The second kappa shape index (κ2) is 5.72. The quantitative estimate of drug-likeness (QED) is 0.824. The van der Waals surface area contributed by atoms with Crippen molar-refractivity contribution in [3.8, 4) is 0 Å². The van der Waals surface area contributed by atoms with Crippen LogP contribution in [0.1, 0.15) is 58.8 Å². The number of hydrogen-bond acceptors (Lipinski definition) is 3. The summed E-state index contributed by atoms with van der Waals surface area (Å²) >= 11 is 0. The molecule has 2 N–H and O–H groups in total. The van der Waals surface area contributed by atoms with Crippen LogP contribution in [0.15, 0.2) is 0 Å². The number of carboxylic acid groups (broad SMARTS) is 1. The summed E-state index contributed by atoms with van der Waals surface area (Å²) in [5.74, 6) is -0.866. The lowest BCUT2D eigenvalue weighted by Crippen LogP contribution is -2.63. The van der Waals surface area contributed by atoms with Crippen LogP contribution < -0.4 is 5.32 Å². The minimum Gasteiger partial charge on any atom is -0.479 e. The van der Waals surface area contributed by atoms with Crippen LogP contribution in [0.5, 0.6) is 0 Å². The third-order valence-corrected chi connectivity index (χ3v) is 4.89. The molecule has 2 heterocycles. The highest BCUT2D eigenvalue weighted by molar-refractivity contribution is 5.92. The van der Waals surface area contributed by atoms with E-state index in [1.54, 1.807) is 4.90 Å². The number of carbonyl (C=O) groups excluding carboxylic acids is 1. The molecule has 0 aromatic carbocycles. The third-order valence-electron chi connectivity index (χ3n) is 4.89. The zero-order valence-corrected chi connectivity index (χ0v) is 12.6. The van der Waals surface area contributed by atoms with Gasteiger partial charge in [-0.2, -0.15) is 0 Å². The second-order valence-corrected chi connectivity index (χ2v) is 6.36. The molecule has 0 aromatic rings. The number of aliphatic carboxylic acids is 1. The number of rotatable bonds is 4. The van der Waals surface area contributed by atoms with E-state index < -0.39 is 17.0 Å². The number of hydrogen-bond donors (Lipinski definition) is 2. The van der Waals surface area contributed by atoms with Crippen molar-refractivity contribution < 1.29 is 14.7 Å². The van der Waals surface area contributed by atoms with Gasteiger partial charge in [-0.1, -0.05) is 13.3 Å². The molecule has 2 fully saturated rings. The number of piperidine rings is 1. The first-order valence-corrected chi connectivity index (χ1v) is 7.77. The fraction of sp³-hybridized carbons (Fsp3) is 0.867. The van der Waals surface area contributed by atoms with Crippen LogP contribution in [0.2, 0.25) is 0 Å². The van der Waals surface area contributed by atoms with E-state index in [9.17, 15) is 14.7 Å². The Morgan fingerprint density at radius 3 is 2.55 bits per heavy atom. The molecule has 2 unspecified atom stereocenters. The number of nitrogens with one attached hydrogen (secondary N) is 1. The van der Waals surface area contributed by atoms with Crippen LogP contribution in [0.3, 0.4) is 0 Å². The van der Waals surface area contributed by atoms with Gasteiger partial charge in [0.2, 0.25) is 5.91 Å². The molecule has 0 saturated carbocycles. The summed E-state index contributed by atoms with van der Waals surface area (Å²) in [5, 5.41) is 13.0. The first-order chi connectivity index (χ1) is 9.46. The van der Waals surface area contributed by atoms with Gasteiger partial charge in [0.1, 0.15) is 5.54 Å². The Kier molecular flexibility index (Phi) is 4.37. The van der Waals surface area contributed by atoms with Crippen LogP contribution in [-0.2, 0) is 9.59 Å². The molecule has 0 radical (unpaired) electrons. The Hall–Kier alpha value is -1.10. The predicted octanol–water partition coefficient (Wildman–Crippen LogP) is 1.76. The van der Waals surface area contributed by atoms with E-state index in [0.717, 1.165) is 38.6 Å². The first-order valence-electron chi connectivity index (χ1n) is 7.77. The molecule has 2 aliphatic rings. The van der Waals surface area contributed by atoms with Crippen molar-refractivity contribution in [1.82, 2.24) is 10.2 Å². The van der Waals surface area contributed by atoms with E-state index in [-0.39, 0.29) is 5.91 Å². The highest BCUT2D eigenvalue weighted by Crippen LogP contribution is 2.37. The fourth-order valence-corrected chi connectivity index (χ4v) is 3.71. The molecule has 5 nitrogen and oxygen atoms in total. The molecule has 2 rings (SSSR count).